The van der Waals surface area contributed by atoms with Gasteiger partial charge >= 0.3 is 0 Å². The van der Waals surface area contributed by atoms with Crippen LogP contribution in [0.1, 0.15) is 22.8 Å². The summed E-state index contributed by atoms with van der Waals surface area (Å²) in [6, 6.07) is 9.53. The molecule has 0 saturated heterocycles. The first kappa shape index (κ1) is 31.9. The molecule has 2 aromatic carbocycles. The molecule has 4 rings (SSSR count). The number of nitrogens with two attached hydrogens (primary N) is 1. The second-order valence-electron chi connectivity index (χ2n) is 8.56. The van der Waals surface area contributed by atoms with Gasteiger partial charge in [0, 0.05) is 42.3 Å². The Labute approximate surface area is 244 Å². The van der Waals surface area contributed by atoms with E-state index in [9.17, 15) is 18.4 Å². The smallest absolute Gasteiger partial charge is 0.290 e. The molecule has 4 aromatic rings. The Kier molecular flexibility index (Phi) is 11.4. The normalized spacial score (nSPS) is 10.2. The number of aryl methyl sites for hydroxylation is 1. The van der Waals surface area contributed by atoms with E-state index in [1.165, 1.54) is 24.5 Å². The Balaban J connectivity index is 0.00000162. The zero-order valence-electron chi connectivity index (χ0n) is 22.9. The molecule has 2 amide bonds. The maximum Gasteiger partial charge on any atom is 0.290 e. The molecule has 43 heavy (non-hydrogen) atoms. The molecule has 13 nitrogen and oxygen atoms in total. The van der Waals surface area contributed by atoms with Crippen molar-refractivity contribution < 1.29 is 33.0 Å². The Bertz CT molecular complexity index is 1650. The molecule has 0 unspecified atom stereocenters. The van der Waals surface area contributed by atoms with Crippen molar-refractivity contribution in [3.63, 3.8) is 0 Å². The fraction of sp³-hybridized carbons (Fsp3) is 0.214. The van der Waals surface area contributed by atoms with E-state index in [4.69, 9.17) is 25.6 Å². The molecular weight excluding hydrogens is 566 g/mol. The largest absolute Gasteiger partial charge is 0.483 e. The lowest BCUT2D eigenvalue weighted by atomic mass is 10.0. The van der Waals surface area contributed by atoms with E-state index in [2.05, 4.69) is 25.9 Å². The number of fused-ring (bicyclic) bond motifs is 1. The average molecular weight is 595 g/mol. The third-order valence-corrected chi connectivity index (χ3v) is 5.95. The van der Waals surface area contributed by atoms with Crippen molar-refractivity contribution in [2.75, 3.05) is 31.6 Å². The molecule has 0 atom stereocenters. The number of carbonyl (C=O) groups is 3. The number of nitriles is 1. The predicted molar refractivity (Wildman–Crippen MR) is 152 cm³/mol. The highest BCUT2D eigenvalue weighted by atomic mass is 19.2. The van der Waals surface area contributed by atoms with Crippen molar-refractivity contribution in [1.82, 2.24) is 25.0 Å². The third kappa shape index (κ3) is 7.77. The Morgan fingerprint density at radius 3 is 2.60 bits per heavy atom. The van der Waals surface area contributed by atoms with Crippen molar-refractivity contribution in [1.29, 1.82) is 5.26 Å². The van der Waals surface area contributed by atoms with E-state index in [1.54, 1.807) is 28.8 Å². The van der Waals surface area contributed by atoms with Crippen LogP contribution in [0.5, 0.6) is 5.75 Å². The molecule has 2 heterocycles. The number of amides is 2. The summed E-state index contributed by atoms with van der Waals surface area (Å²) in [7, 11) is 0. The van der Waals surface area contributed by atoms with Crippen molar-refractivity contribution in [3.05, 3.63) is 71.7 Å². The number of carbonyl (C=O) groups excluding carboxylic acids is 2. The van der Waals surface area contributed by atoms with Crippen molar-refractivity contribution in [2.24, 2.45) is 5.73 Å². The lowest BCUT2D eigenvalue weighted by Gasteiger charge is -2.13. The molecule has 6 N–H and O–H groups in total. The number of ether oxygens (including phenoxy) is 1. The zero-order chi connectivity index (χ0) is 31.4. The van der Waals surface area contributed by atoms with Gasteiger partial charge in [-0.3, -0.25) is 18.8 Å². The van der Waals surface area contributed by atoms with E-state index >= 15 is 0 Å². The van der Waals surface area contributed by atoms with E-state index in [1.807, 2.05) is 13.0 Å². The second kappa shape index (κ2) is 15.4. The average Bonchev–Trinajstić information content (AvgIpc) is 3.45. The third-order valence-electron chi connectivity index (χ3n) is 5.95. The van der Waals surface area contributed by atoms with Crippen molar-refractivity contribution >= 4 is 35.4 Å². The molecule has 0 saturated carbocycles. The minimum Gasteiger partial charge on any atom is -0.483 e. The van der Waals surface area contributed by atoms with Crippen LogP contribution in [0.25, 0.3) is 16.9 Å². The number of imidazole rings is 1. The van der Waals surface area contributed by atoms with Crippen LogP contribution in [-0.2, 0) is 16.0 Å². The predicted octanol–water partition coefficient (Wildman–Crippen LogP) is 2.39. The van der Waals surface area contributed by atoms with Gasteiger partial charge in [0.1, 0.15) is 6.07 Å². The number of hydrogen-bond donors (Lipinski definition) is 5. The quantitative estimate of drug-likeness (QED) is 0.127. The number of rotatable bonds is 11. The fourth-order valence-corrected chi connectivity index (χ4v) is 4.03. The zero-order valence-corrected chi connectivity index (χ0v) is 22.9. The molecule has 0 bridgehead atoms. The number of carboxylic acid groups (broad SMARTS) is 1. The monoisotopic (exact) mass is 594 g/mol. The van der Waals surface area contributed by atoms with Gasteiger partial charge in [-0.05, 0) is 42.3 Å². The fourth-order valence-electron chi connectivity index (χ4n) is 4.03. The highest BCUT2D eigenvalue weighted by molar-refractivity contribution is 5.96. The molecule has 0 radical (unpaired) electrons. The molecule has 224 valence electrons. The summed E-state index contributed by atoms with van der Waals surface area (Å²) in [6.45, 7) is 1.66. The van der Waals surface area contributed by atoms with Crippen LogP contribution in [0, 0.1) is 23.0 Å². The first-order valence-corrected chi connectivity index (χ1v) is 12.8. The van der Waals surface area contributed by atoms with Crippen LogP contribution in [0.4, 0.5) is 20.3 Å². The highest BCUT2D eigenvalue weighted by Crippen LogP contribution is 2.32. The molecule has 15 heteroatoms. The molecule has 0 spiro atoms. The summed E-state index contributed by atoms with van der Waals surface area (Å²) in [6.07, 6.45) is 5.04. The molecule has 0 aliphatic rings. The number of aromatic nitrogens is 3. The summed E-state index contributed by atoms with van der Waals surface area (Å²) in [4.78, 5) is 41.0. The van der Waals surface area contributed by atoms with Crippen LogP contribution in [-0.4, -0.2) is 64.0 Å². The molecular formula is C28H28F2N8O5. The van der Waals surface area contributed by atoms with Crippen LogP contribution in [0.2, 0.25) is 0 Å². The van der Waals surface area contributed by atoms with Gasteiger partial charge in [0.15, 0.2) is 29.6 Å². The van der Waals surface area contributed by atoms with Crippen molar-refractivity contribution in [2.45, 2.75) is 13.3 Å². The van der Waals surface area contributed by atoms with Crippen LogP contribution in [0.3, 0.4) is 0 Å². The first-order valence-electron chi connectivity index (χ1n) is 12.8. The Hall–Kier alpha value is -5.62. The summed E-state index contributed by atoms with van der Waals surface area (Å²) in [5.41, 5.74) is 7.76. The van der Waals surface area contributed by atoms with E-state index in [0.717, 1.165) is 5.56 Å². The standard InChI is InChI=1S/C27H26F2N8O3.CH2O2/c1-2-16-13-17(3-4-18(16)27(39)34-9-8-32-22(38)14-31)36-25-26-35-15-20(37(26)11-10-33-25)19-5-6-21(40-12-7-30)24(29)23(19)28;2-1-3/h3-6,10-11,13,15H,2,8-9,12,14,31H2,1H3,(H,32,38)(H,33,36)(H,34,39);1H,(H,2,3). The molecule has 0 aliphatic carbocycles. The number of halogens is 2. The van der Waals surface area contributed by atoms with Gasteiger partial charge in [0.25, 0.3) is 12.4 Å². The van der Waals surface area contributed by atoms with E-state index in [0.29, 0.717) is 29.1 Å². The summed E-state index contributed by atoms with van der Waals surface area (Å²) in [5.74, 6) is -2.91. The first-order chi connectivity index (χ1) is 20.8. The Morgan fingerprint density at radius 2 is 1.91 bits per heavy atom. The highest BCUT2D eigenvalue weighted by Gasteiger charge is 2.20. The van der Waals surface area contributed by atoms with Gasteiger partial charge < -0.3 is 31.5 Å². The SMILES string of the molecule is CCc1cc(Nc2nccn3c(-c4ccc(OCC#N)c(F)c4F)cnc23)ccc1C(=O)NCCNC(=O)CN.O=CO. The van der Waals surface area contributed by atoms with Gasteiger partial charge in [0.05, 0.1) is 18.4 Å². The maximum atomic E-state index is 14.9. The van der Waals surface area contributed by atoms with Crippen molar-refractivity contribution in [3.8, 4) is 23.1 Å². The number of nitrogens with zero attached hydrogens (tertiary/aromatic N) is 4. The van der Waals surface area contributed by atoms with Gasteiger partial charge in [-0.1, -0.05) is 6.92 Å². The van der Waals surface area contributed by atoms with Crippen LogP contribution in [0.15, 0.2) is 48.9 Å². The van der Waals surface area contributed by atoms with Gasteiger partial charge in [-0.2, -0.15) is 9.65 Å². The minimum absolute atomic E-state index is 0.0438. The van der Waals surface area contributed by atoms with Crippen LogP contribution < -0.4 is 26.4 Å². The summed E-state index contributed by atoms with van der Waals surface area (Å²) < 4.78 is 35.9. The number of benzene rings is 2. The lowest BCUT2D eigenvalue weighted by molar-refractivity contribution is -0.123. The summed E-state index contributed by atoms with van der Waals surface area (Å²) >= 11 is 0. The topological polar surface area (TPSA) is 197 Å². The minimum atomic E-state index is -1.20. The second-order valence-corrected chi connectivity index (χ2v) is 8.56. The van der Waals surface area contributed by atoms with E-state index in [-0.39, 0.29) is 54.9 Å². The van der Waals surface area contributed by atoms with Crippen LogP contribution >= 0.6 is 0 Å². The maximum absolute atomic E-state index is 14.9. The molecule has 0 fully saturated rings. The van der Waals surface area contributed by atoms with E-state index < -0.39 is 18.2 Å². The number of nitrogens with one attached hydrogen (secondary N) is 3. The molecule has 2 aromatic heterocycles. The number of hydrogen-bond acceptors (Lipinski definition) is 9. The number of anilines is 2. The Morgan fingerprint density at radius 1 is 1.16 bits per heavy atom. The summed E-state index contributed by atoms with van der Waals surface area (Å²) in [5, 5.41) is 24.0. The van der Waals surface area contributed by atoms with Gasteiger partial charge in [0.2, 0.25) is 11.7 Å². The van der Waals surface area contributed by atoms with Gasteiger partial charge in [-0.15, -0.1) is 0 Å². The lowest BCUT2D eigenvalue weighted by Crippen LogP contribution is -2.37. The molecule has 0 aliphatic heterocycles. The van der Waals surface area contributed by atoms with Gasteiger partial charge in [-0.25, -0.2) is 14.4 Å².